The minimum Gasteiger partial charge on any atom is -0.258 e. The third kappa shape index (κ3) is 3.37. The van der Waals surface area contributed by atoms with Gasteiger partial charge in [0.25, 0.3) is 5.69 Å². The Morgan fingerprint density at radius 2 is 1.95 bits per heavy atom. The summed E-state index contributed by atoms with van der Waals surface area (Å²) in [5.41, 5.74) is 0.342. The number of hydrogen-bond acceptors (Lipinski definition) is 3. The molecule has 106 valence electrons. The van der Waals surface area contributed by atoms with E-state index in [1.807, 2.05) is 6.07 Å². The monoisotopic (exact) mass is 336 g/mol. The van der Waals surface area contributed by atoms with Crippen molar-refractivity contribution in [1.82, 2.24) is 0 Å². The molecule has 0 atom stereocenters. The first kappa shape index (κ1) is 15.0. The second-order valence-electron chi connectivity index (χ2n) is 5.51. The summed E-state index contributed by atoms with van der Waals surface area (Å²) < 4.78 is 0.694. The van der Waals surface area contributed by atoms with Crippen LogP contribution in [0.4, 0.5) is 5.69 Å². The molecule has 2 rings (SSSR count). The van der Waals surface area contributed by atoms with E-state index in [1.165, 1.54) is 6.07 Å². The molecule has 1 aromatic carbocycles. The van der Waals surface area contributed by atoms with Gasteiger partial charge < -0.3 is 0 Å². The topological polar surface area (TPSA) is 66.9 Å². The maximum absolute atomic E-state index is 11.2. The molecule has 1 fully saturated rings. The van der Waals surface area contributed by atoms with Crippen LogP contribution in [0.2, 0.25) is 0 Å². The summed E-state index contributed by atoms with van der Waals surface area (Å²) in [6, 6.07) is 7.56. The van der Waals surface area contributed by atoms with Crippen molar-refractivity contribution in [3.63, 3.8) is 0 Å². The Morgan fingerprint density at radius 3 is 2.50 bits per heavy atom. The van der Waals surface area contributed by atoms with Gasteiger partial charge >= 0.3 is 0 Å². The van der Waals surface area contributed by atoms with E-state index in [1.54, 1.807) is 6.07 Å². The molecule has 0 unspecified atom stereocenters. The molecule has 20 heavy (non-hydrogen) atoms. The Hall–Kier alpha value is -1.41. The maximum atomic E-state index is 11.2. The second-order valence-corrected chi connectivity index (χ2v) is 6.43. The van der Waals surface area contributed by atoms with Gasteiger partial charge in [-0.15, -0.1) is 0 Å². The standard InChI is InChI=1S/C15H17BrN2O2/c16-13-6-5-12(14(9-13)18(19)20)10-15(11-17)7-3-1-2-4-8-15/h5-6,9H,1-4,7-8,10H2. The summed E-state index contributed by atoms with van der Waals surface area (Å²) in [6.45, 7) is 0. The molecule has 5 heteroatoms. The Labute approximate surface area is 127 Å². The van der Waals surface area contributed by atoms with E-state index in [0.29, 0.717) is 16.5 Å². The average Bonchev–Trinajstić information content (AvgIpc) is 2.67. The molecule has 1 aliphatic rings. The molecule has 0 heterocycles. The predicted molar refractivity (Wildman–Crippen MR) is 80.2 cm³/mol. The first-order valence-corrected chi connectivity index (χ1v) is 7.70. The summed E-state index contributed by atoms with van der Waals surface area (Å²) >= 11 is 3.26. The smallest absolute Gasteiger partial charge is 0.258 e. The van der Waals surface area contributed by atoms with Crippen molar-refractivity contribution in [1.29, 1.82) is 5.26 Å². The van der Waals surface area contributed by atoms with Crippen LogP contribution in [-0.2, 0) is 6.42 Å². The molecule has 0 aliphatic heterocycles. The van der Waals surface area contributed by atoms with E-state index < -0.39 is 5.41 Å². The lowest BCUT2D eigenvalue weighted by Gasteiger charge is -2.24. The van der Waals surface area contributed by atoms with Gasteiger partial charge in [0.2, 0.25) is 0 Å². The number of hydrogen-bond donors (Lipinski definition) is 0. The molecule has 0 saturated heterocycles. The first-order valence-electron chi connectivity index (χ1n) is 6.90. The van der Waals surface area contributed by atoms with Crippen LogP contribution < -0.4 is 0 Å². The molecule has 4 nitrogen and oxygen atoms in total. The minimum absolute atomic E-state index is 0.109. The van der Waals surface area contributed by atoms with Gasteiger partial charge in [0.1, 0.15) is 0 Å². The molecular weight excluding hydrogens is 320 g/mol. The van der Waals surface area contributed by atoms with E-state index >= 15 is 0 Å². The quantitative estimate of drug-likeness (QED) is 0.453. The fourth-order valence-corrected chi connectivity index (χ4v) is 3.30. The summed E-state index contributed by atoms with van der Waals surface area (Å²) in [6.07, 6.45) is 6.56. The lowest BCUT2D eigenvalue weighted by molar-refractivity contribution is -0.385. The van der Waals surface area contributed by atoms with Gasteiger partial charge in [0.15, 0.2) is 0 Å². The highest BCUT2D eigenvalue weighted by molar-refractivity contribution is 9.10. The summed E-state index contributed by atoms with van der Waals surface area (Å²) in [7, 11) is 0. The SMILES string of the molecule is N#CC1(Cc2ccc(Br)cc2[N+](=O)[O-])CCCCCC1. The van der Waals surface area contributed by atoms with Gasteiger partial charge in [0.05, 0.1) is 16.4 Å². The van der Waals surface area contributed by atoms with Crippen LogP contribution in [0.25, 0.3) is 0 Å². The van der Waals surface area contributed by atoms with Crippen LogP contribution in [0, 0.1) is 26.9 Å². The number of benzene rings is 1. The minimum atomic E-state index is -0.435. The second kappa shape index (κ2) is 6.36. The number of nitro groups is 1. The first-order chi connectivity index (χ1) is 9.56. The van der Waals surface area contributed by atoms with E-state index in [4.69, 9.17) is 0 Å². The molecule has 1 aliphatic carbocycles. The Balaban J connectivity index is 2.32. The van der Waals surface area contributed by atoms with Crippen LogP contribution in [0.3, 0.4) is 0 Å². The van der Waals surface area contributed by atoms with Crippen molar-refractivity contribution < 1.29 is 4.92 Å². The highest BCUT2D eigenvalue weighted by atomic mass is 79.9. The lowest BCUT2D eigenvalue weighted by atomic mass is 9.76. The van der Waals surface area contributed by atoms with Gasteiger partial charge in [-0.3, -0.25) is 10.1 Å². The van der Waals surface area contributed by atoms with Crippen molar-refractivity contribution in [3.8, 4) is 6.07 Å². The summed E-state index contributed by atoms with van der Waals surface area (Å²) in [5.74, 6) is 0. The van der Waals surface area contributed by atoms with Crippen LogP contribution in [0.15, 0.2) is 22.7 Å². The van der Waals surface area contributed by atoms with Gasteiger partial charge in [-0.1, -0.05) is 47.7 Å². The largest absolute Gasteiger partial charge is 0.273 e. The van der Waals surface area contributed by atoms with Crippen LogP contribution in [-0.4, -0.2) is 4.92 Å². The number of nitriles is 1. The van der Waals surface area contributed by atoms with Gasteiger partial charge in [-0.25, -0.2) is 0 Å². The number of halogens is 1. The van der Waals surface area contributed by atoms with Gasteiger partial charge in [-0.05, 0) is 25.3 Å². The normalized spacial score (nSPS) is 18.0. The average molecular weight is 337 g/mol. The molecule has 1 aromatic rings. The zero-order valence-corrected chi connectivity index (χ0v) is 12.9. The van der Waals surface area contributed by atoms with Crippen molar-refractivity contribution in [2.45, 2.75) is 44.9 Å². The molecule has 0 aromatic heterocycles. The predicted octanol–water partition coefficient (Wildman–Crippen LogP) is 4.76. The number of rotatable bonds is 3. The molecule has 1 saturated carbocycles. The Morgan fingerprint density at radius 1 is 1.30 bits per heavy atom. The Kier molecular flexibility index (Phi) is 4.77. The van der Waals surface area contributed by atoms with E-state index in [2.05, 4.69) is 22.0 Å². The van der Waals surface area contributed by atoms with E-state index in [9.17, 15) is 15.4 Å². The van der Waals surface area contributed by atoms with Crippen molar-refractivity contribution in [2.75, 3.05) is 0 Å². The fourth-order valence-electron chi connectivity index (χ4n) is 2.95. The number of nitrogens with zero attached hydrogens (tertiary/aromatic N) is 2. The van der Waals surface area contributed by atoms with Crippen LogP contribution >= 0.6 is 15.9 Å². The molecule has 0 radical (unpaired) electrons. The lowest BCUT2D eigenvalue weighted by Crippen LogP contribution is -2.21. The van der Waals surface area contributed by atoms with Crippen molar-refractivity contribution in [2.24, 2.45) is 5.41 Å². The van der Waals surface area contributed by atoms with Crippen LogP contribution in [0.1, 0.15) is 44.1 Å². The molecule has 0 amide bonds. The Bertz CT molecular complexity index is 543. The summed E-state index contributed by atoms with van der Waals surface area (Å²) in [5, 5.41) is 20.8. The van der Waals surface area contributed by atoms with Crippen molar-refractivity contribution in [3.05, 3.63) is 38.3 Å². The third-order valence-electron chi connectivity index (χ3n) is 4.07. The summed E-state index contributed by atoms with van der Waals surface area (Å²) in [4.78, 5) is 10.8. The van der Waals surface area contributed by atoms with Gasteiger partial charge in [-0.2, -0.15) is 5.26 Å². The molecule has 0 N–H and O–H groups in total. The maximum Gasteiger partial charge on any atom is 0.273 e. The zero-order chi connectivity index (χ0) is 14.6. The molecular formula is C15H17BrN2O2. The fraction of sp³-hybridized carbons (Fsp3) is 0.533. The highest BCUT2D eigenvalue weighted by Gasteiger charge is 2.33. The highest BCUT2D eigenvalue weighted by Crippen LogP contribution is 2.39. The molecule has 0 bridgehead atoms. The third-order valence-corrected chi connectivity index (χ3v) is 4.56. The van der Waals surface area contributed by atoms with E-state index in [-0.39, 0.29) is 10.6 Å². The number of nitro benzene ring substituents is 1. The van der Waals surface area contributed by atoms with Gasteiger partial charge in [0, 0.05) is 16.1 Å². The van der Waals surface area contributed by atoms with Crippen LogP contribution in [0.5, 0.6) is 0 Å². The molecule has 0 spiro atoms. The van der Waals surface area contributed by atoms with E-state index in [0.717, 1.165) is 38.5 Å². The van der Waals surface area contributed by atoms with Crippen molar-refractivity contribution >= 4 is 21.6 Å². The zero-order valence-electron chi connectivity index (χ0n) is 11.3.